The van der Waals surface area contributed by atoms with Crippen molar-refractivity contribution in [3.8, 4) is 0 Å². The Morgan fingerprint density at radius 1 is 1.22 bits per heavy atom. The van der Waals surface area contributed by atoms with Crippen molar-refractivity contribution < 1.29 is 17.9 Å². The highest BCUT2D eigenvalue weighted by atomic mass is 35.5. The summed E-state index contributed by atoms with van der Waals surface area (Å²) < 4.78 is 32.5. The number of anilines is 2. The number of methoxy groups -OCH3 is 1. The Hall–Kier alpha value is -2.09. The molecule has 2 aromatic carbocycles. The predicted molar refractivity (Wildman–Crippen MR) is 107 cm³/mol. The van der Waals surface area contributed by atoms with E-state index in [1.807, 2.05) is 0 Å². The molecule has 0 spiro atoms. The van der Waals surface area contributed by atoms with Crippen molar-refractivity contribution in [3.05, 3.63) is 58.6 Å². The Balaban J connectivity index is 1.76. The third kappa shape index (κ3) is 5.00. The van der Waals surface area contributed by atoms with Gasteiger partial charge in [0.15, 0.2) is 0 Å². The lowest BCUT2D eigenvalue weighted by Gasteiger charge is -2.29. The number of halogens is 1. The van der Waals surface area contributed by atoms with Crippen LogP contribution in [-0.4, -0.2) is 34.6 Å². The normalized spacial score (nSPS) is 13.9. The summed E-state index contributed by atoms with van der Waals surface area (Å²) in [7, 11) is -2.07. The molecule has 0 saturated heterocycles. The van der Waals surface area contributed by atoms with Crippen LogP contribution in [-0.2, 0) is 31.7 Å². The summed E-state index contributed by atoms with van der Waals surface area (Å²) in [4.78, 5) is 13.9. The van der Waals surface area contributed by atoms with E-state index in [-0.39, 0.29) is 18.3 Å². The van der Waals surface area contributed by atoms with E-state index in [2.05, 4.69) is 4.72 Å². The standard InChI is InChI=1S/C19H21ClN2O4S/c1-26-12-19(23)22-10-2-3-15-11-17(8-9-18(15)22)21-27(24,25)13-14-4-6-16(20)7-5-14/h4-9,11,21H,2-3,10,12-13H2,1H3. The highest BCUT2D eigenvalue weighted by Crippen LogP contribution is 2.30. The zero-order valence-electron chi connectivity index (χ0n) is 14.9. The van der Waals surface area contributed by atoms with Gasteiger partial charge in [-0.25, -0.2) is 8.42 Å². The second-order valence-corrected chi connectivity index (χ2v) is 8.57. The SMILES string of the molecule is COCC(=O)N1CCCc2cc(NS(=O)(=O)Cc3ccc(Cl)cc3)ccc21. The van der Waals surface area contributed by atoms with Gasteiger partial charge in [-0.15, -0.1) is 0 Å². The molecule has 3 rings (SSSR count). The molecule has 144 valence electrons. The Labute approximate surface area is 164 Å². The number of hydrogen-bond acceptors (Lipinski definition) is 4. The molecule has 1 aliphatic heterocycles. The van der Waals surface area contributed by atoms with Crippen LogP contribution < -0.4 is 9.62 Å². The molecule has 1 aliphatic rings. The van der Waals surface area contributed by atoms with E-state index in [0.29, 0.717) is 22.8 Å². The minimum absolute atomic E-state index is 0.0227. The van der Waals surface area contributed by atoms with Gasteiger partial charge in [-0.05, 0) is 54.3 Å². The molecule has 0 radical (unpaired) electrons. The Morgan fingerprint density at radius 2 is 1.96 bits per heavy atom. The molecule has 0 saturated carbocycles. The molecule has 0 aliphatic carbocycles. The van der Waals surface area contributed by atoms with Gasteiger partial charge in [0.05, 0.1) is 5.75 Å². The maximum absolute atomic E-state index is 12.5. The summed E-state index contributed by atoms with van der Waals surface area (Å²) in [6.07, 6.45) is 1.61. The van der Waals surface area contributed by atoms with E-state index in [9.17, 15) is 13.2 Å². The van der Waals surface area contributed by atoms with Crippen molar-refractivity contribution in [1.29, 1.82) is 0 Å². The number of amides is 1. The maximum atomic E-state index is 12.5. The number of sulfonamides is 1. The van der Waals surface area contributed by atoms with Crippen LogP contribution in [0.4, 0.5) is 11.4 Å². The quantitative estimate of drug-likeness (QED) is 0.796. The molecule has 8 heteroatoms. The van der Waals surface area contributed by atoms with Gasteiger partial charge < -0.3 is 9.64 Å². The average Bonchev–Trinajstić information content (AvgIpc) is 2.62. The van der Waals surface area contributed by atoms with Crippen LogP contribution in [0, 0.1) is 0 Å². The van der Waals surface area contributed by atoms with Crippen LogP contribution in [0.25, 0.3) is 0 Å². The van der Waals surface area contributed by atoms with Crippen molar-refractivity contribution in [2.75, 3.05) is 29.9 Å². The lowest BCUT2D eigenvalue weighted by atomic mass is 10.0. The molecule has 0 unspecified atom stereocenters. The third-order valence-electron chi connectivity index (χ3n) is 4.31. The van der Waals surface area contributed by atoms with Crippen LogP contribution >= 0.6 is 11.6 Å². The number of fused-ring (bicyclic) bond motifs is 1. The van der Waals surface area contributed by atoms with Crippen LogP contribution in [0.5, 0.6) is 0 Å². The van der Waals surface area contributed by atoms with Crippen LogP contribution in [0.3, 0.4) is 0 Å². The van der Waals surface area contributed by atoms with Crippen LogP contribution in [0.15, 0.2) is 42.5 Å². The first kappa shape index (κ1) is 19.7. The second kappa shape index (κ2) is 8.29. The minimum atomic E-state index is -3.56. The minimum Gasteiger partial charge on any atom is -0.375 e. The lowest BCUT2D eigenvalue weighted by Crippen LogP contribution is -2.37. The zero-order valence-corrected chi connectivity index (χ0v) is 16.5. The summed E-state index contributed by atoms with van der Waals surface area (Å²) in [6.45, 7) is 0.658. The molecule has 2 aromatic rings. The molecule has 1 N–H and O–H groups in total. The molecule has 1 heterocycles. The van der Waals surface area contributed by atoms with E-state index < -0.39 is 10.0 Å². The first-order valence-electron chi connectivity index (χ1n) is 8.55. The maximum Gasteiger partial charge on any atom is 0.252 e. The Kier molecular flexibility index (Phi) is 6.04. The molecule has 0 fully saturated rings. The fraction of sp³-hybridized carbons (Fsp3) is 0.316. The predicted octanol–water partition coefficient (Wildman–Crippen LogP) is 3.21. The fourth-order valence-corrected chi connectivity index (χ4v) is 4.45. The van der Waals surface area contributed by atoms with Gasteiger partial charge >= 0.3 is 0 Å². The number of ether oxygens (including phenoxy) is 1. The molecule has 0 aromatic heterocycles. The van der Waals surface area contributed by atoms with Gasteiger partial charge in [0.1, 0.15) is 6.61 Å². The number of rotatable bonds is 6. The van der Waals surface area contributed by atoms with Gasteiger partial charge in [-0.2, -0.15) is 0 Å². The third-order valence-corrected chi connectivity index (χ3v) is 5.82. The molecular formula is C19H21ClN2O4S. The fourth-order valence-electron chi connectivity index (χ4n) is 3.14. The van der Waals surface area contributed by atoms with Crippen molar-refractivity contribution >= 4 is 38.9 Å². The van der Waals surface area contributed by atoms with E-state index in [0.717, 1.165) is 24.1 Å². The highest BCUT2D eigenvalue weighted by molar-refractivity contribution is 7.91. The summed E-state index contributed by atoms with van der Waals surface area (Å²) in [5.41, 5.74) is 2.89. The second-order valence-electron chi connectivity index (χ2n) is 6.41. The first-order valence-corrected chi connectivity index (χ1v) is 10.6. The van der Waals surface area contributed by atoms with Crippen molar-refractivity contribution in [2.45, 2.75) is 18.6 Å². The summed E-state index contributed by atoms with van der Waals surface area (Å²) >= 11 is 5.83. The Bertz CT molecular complexity index is 929. The van der Waals surface area contributed by atoms with E-state index >= 15 is 0 Å². The molecular weight excluding hydrogens is 388 g/mol. The van der Waals surface area contributed by atoms with Crippen molar-refractivity contribution in [1.82, 2.24) is 0 Å². The largest absolute Gasteiger partial charge is 0.375 e. The van der Waals surface area contributed by atoms with Gasteiger partial charge in [0.25, 0.3) is 5.91 Å². The van der Waals surface area contributed by atoms with Gasteiger partial charge in [-0.3, -0.25) is 9.52 Å². The van der Waals surface area contributed by atoms with E-state index in [1.165, 1.54) is 7.11 Å². The average molecular weight is 409 g/mol. The number of hydrogen-bond donors (Lipinski definition) is 1. The molecule has 0 atom stereocenters. The van der Waals surface area contributed by atoms with Crippen molar-refractivity contribution in [2.24, 2.45) is 0 Å². The number of benzene rings is 2. The van der Waals surface area contributed by atoms with Gasteiger partial charge in [0, 0.05) is 30.1 Å². The molecule has 0 bridgehead atoms. The molecule has 6 nitrogen and oxygen atoms in total. The van der Waals surface area contributed by atoms with Crippen molar-refractivity contribution in [3.63, 3.8) is 0 Å². The highest BCUT2D eigenvalue weighted by Gasteiger charge is 2.23. The topological polar surface area (TPSA) is 75.7 Å². The molecule has 27 heavy (non-hydrogen) atoms. The number of nitrogens with one attached hydrogen (secondary N) is 1. The van der Waals surface area contributed by atoms with Crippen LogP contribution in [0.1, 0.15) is 17.5 Å². The first-order chi connectivity index (χ1) is 12.9. The van der Waals surface area contributed by atoms with E-state index in [4.69, 9.17) is 16.3 Å². The Morgan fingerprint density at radius 3 is 2.67 bits per heavy atom. The lowest BCUT2D eigenvalue weighted by molar-refractivity contribution is -0.122. The summed E-state index contributed by atoms with van der Waals surface area (Å²) in [5.74, 6) is -0.241. The number of nitrogens with zero attached hydrogens (tertiary/aromatic N) is 1. The summed E-state index contributed by atoms with van der Waals surface area (Å²) in [5, 5.41) is 0.561. The number of aryl methyl sites for hydroxylation is 1. The van der Waals surface area contributed by atoms with Gasteiger partial charge in [-0.1, -0.05) is 23.7 Å². The molecule has 1 amide bonds. The van der Waals surface area contributed by atoms with Crippen LogP contribution in [0.2, 0.25) is 5.02 Å². The number of carbonyl (C=O) groups is 1. The van der Waals surface area contributed by atoms with Gasteiger partial charge in [0.2, 0.25) is 10.0 Å². The monoisotopic (exact) mass is 408 g/mol. The summed E-state index contributed by atoms with van der Waals surface area (Å²) in [6, 6.07) is 12.0. The zero-order chi connectivity index (χ0) is 19.4. The smallest absolute Gasteiger partial charge is 0.252 e. The van der Waals surface area contributed by atoms with E-state index in [1.54, 1.807) is 47.4 Å². The number of carbonyl (C=O) groups excluding carboxylic acids is 1.